The molecule has 0 saturated heterocycles. The number of esters is 1. The van der Waals surface area contributed by atoms with Crippen molar-refractivity contribution in [3.63, 3.8) is 0 Å². The largest absolute Gasteiger partial charge is 0.493 e. The van der Waals surface area contributed by atoms with Gasteiger partial charge in [-0.25, -0.2) is 0 Å². The predicted octanol–water partition coefficient (Wildman–Crippen LogP) is 1.22. The molecule has 1 aromatic heterocycles. The Morgan fingerprint density at radius 2 is 1.75 bits per heavy atom. The van der Waals surface area contributed by atoms with Crippen LogP contribution in [-0.2, 0) is 16.1 Å². The maximum absolute atomic E-state index is 12.3. The first-order valence-corrected chi connectivity index (χ1v) is 9.18. The van der Waals surface area contributed by atoms with Crippen LogP contribution in [0.4, 0.5) is 0 Å². The highest BCUT2D eigenvalue weighted by Crippen LogP contribution is 2.38. The number of thiazole rings is 1. The van der Waals surface area contributed by atoms with Crippen molar-refractivity contribution < 1.29 is 28.5 Å². The van der Waals surface area contributed by atoms with Gasteiger partial charge >= 0.3 is 10.8 Å². The van der Waals surface area contributed by atoms with Crippen LogP contribution in [0.25, 0.3) is 0 Å². The van der Waals surface area contributed by atoms with Crippen LogP contribution in [-0.4, -0.2) is 50.9 Å². The number of nitrogens with one attached hydrogen (secondary N) is 1. The molecule has 0 atom stereocenters. The van der Waals surface area contributed by atoms with E-state index in [1.807, 2.05) is 0 Å². The monoisotopic (exact) mass is 410 g/mol. The lowest BCUT2D eigenvalue weighted by Gasteiger charge is -2.14. The summed E-state index contributed by atoms with van der Waals surface area (Å²) in [6, 6.07) is 2.96. The number of ether oxygens (including phenoxy) is 4. The van der Waals surface area contributed by atoms with E-state index in [2.05, 4.69) is 5.32 Å². The van der Waals surface area contributed by atoms with Crippen LogP contribution in [0.3, 0.4) is 0 Å². The summed E-state index contributed by atoms with van der Waals surface area (Å²) >= 11 is 1.09. The number of hydrogen-bond donors (Lipinski definition) is 1. The summed E-state index contributed by atoms with van der Waals surface area (Å²) in [5.41, 5.74) is 1.05. The SMILES string of the molecule is COc1cc(C(=O)NCC(=O)OCCn2c(C)csc2=O)cc(OC)c1OC. The van der Waals surface area contributed by atoms with Gasteiger partial charge < -0.3 is 24.3 Å². The van der Waals surface area contributed by atoms with Crippen molar-refractivity contribution in [3.05, 3.63) is 38.4 Å². The minimum atomic E-state index is -0.610. The number of hydrogen-bond acceptors (Lipinski definition) is 8. The van der Waals surface area contributed by atoms with Crippen molar-refractivity contribution in [2.45, 2.75) is 13.5 Å². The van der Waals surface area contributed by atoms with Gasteiger partial charge in [0.1, 0.15) is 13.2 Å². The fraction of sp³-hybridized carbons (Fsp3) is 0.389. The molecule has 9 nitrogen and oxygen atoms in total. The second-order valence-electron chi connectivity index (χ2n) is 5.61. The van der Waals surface area contributed by atoms with Crippen molar-refractivity contribution in [2.24, 2.45) is 0 Å². The molecule has 1 aromatic carbocycles. The summed E-state index contributed by atoms with van der Waals surface area (Å²) < 4.78 is 22.2. The number of amides is 1. The van der Waals surface area contributed by atoms with Gasteiger partial charge in [-0.15, -0.1) is 0 Å². The molecule has 2 aromatic rings. The van der Waals surface area contributed by atoms with Gasteiger partial charge in [0, 0.05) is 16.6 Å². The molecule has 0 aliphatic rings. The van der Waals surface area contributed by atoms with Gasteiger partial charge in [0.2, 0.25) is 5.75 Å². The molecule has 1 N–H and O–H groups in total. The Hall–Kier alpha value is -3.01. The minimum absolute atomic E-state index is 0.0381. The van der Waals surface area contributed by atoms with Crippen molar-refractivity contribution in [1.29, 1.82) is 0 Å². The third-order valence-electron chi connectivity index (χ3n) is 3.87. The summed E-state index contributed by atoms with van der Waals surface area (Å²) in [6.07, 6.45) is 0. The van der Waals surface area contributed by atoms with E-state index in [0.717, 1.165) is 17.0 Å². The molecule has 1 heterocycles. The third-order valence-corrected chi connectivity index (χ3v) is 4.76. The number of carbonyl (C=O) groups is 2. The highest BCUT2D eigenvalue weighted by molar-refractivity contribution is 7.07. The molecule has 152 valence electrons. The van der Waals surface area contributed by atoms with Gasteiger partial charge in [-0.2, -0.15) is 0 Å². The van der Waals surface area contributed by atoms with E-state index >= 15 is 0 Å². The maximum Gasteiger partial charge on any atom is 0.325 e. The van der Waals surface area contributed by atoms with Gasteiger partial charge in [-0.3, -0.25) is 19.0 Å². The summed E-state index contributed by atoms with van der Waals surface area (Å²) in [7, 11) is 4.34. The zero-order valence-electron chi connectivity index (χ0n) is 16.1. The number of nitrogens with zero attached hydrogens (tertiary/aromatic N) is 1. The summed E-state index contributed by atoms with van der Waals surface area (Å²) in [4.78, 5) is 35.6. The lowest BCUT2D eigenvalue weighted by atomic mass is 10.1. The first-order chi connectivity index (χ1) is 13.4. The smallest absolute Gasteiger partial charge is 0.325 e. The Bertz CT molecular complexity index is 879. The van der Waals surface area contributed by atoms with E-state index in [1.54, 1.807) is 12.3 Å². The minimum Gasteiger partial charge on any atom is -0.493 e. The Kier molecular flexibility index (Phi) is 7.44. The van der Waals surface area contributed by atoms with E-state index in [-0.39, 0.29) is 30.1 Å². The molecule has 0 unspecified atom stereocenters. The van der Waals surface area contributed by atoms with Crippen molar-refractivity contribution in [2.75, 3.05) is 34.5 Å². The molecular formula is C18H22N2O7S. The van der Waals surface area contributed by atoms with Crippen molar-refractivity contribution in [3.8, 4) is 17.2 Å². The second kappa shape index (κ2) is 9.79. The molecule has 0 aliphatic carbocycles. The zero-order chi connectivity index (χ0) is 20.7. The molecule has 1 amide bonds. The number of methoxy groups -OCH3 is 3. The molecule has 0 saturated carbocycles. The molecule has 0 aliphatic heterocycles. The Morgan fingerprint density at radius 1 is 1.11 bits per heavy atom. The molecular weight excluding hydrogens is 388 g/mol. The standard InChI is InChI=1S/C18H22N2O7S/c1-11-10-28-18(23)20(11)5-6-27-15(21)9-19-17(22)12-7-13(24-2)16(26-4)14(8-12)25-3/h7-8,10H,5-6,9H2,1-4H3,(H,19,22). The van der Waals surface area contributed by atoms with Crippen LogP contribution in [0.5, 0.6) is 17.2 Å². The van der Waals surface area contributed by atoms with E-state index in [0.29, 0.717) is 17.2 Å². The number of benzene rings is 1. The molecule has 10 heteroatoms. The Labute approximate surface area is 165 Å². The van der Waals surface area contributed by atoms with Gasteiger partial charge in [-0.05, 0) is 19.1 Å². The van der Waals surface area contributed by atoms with Crippen molar-refractivity contribution >= 4 is 23.2 Å². The Balaban J connectivity index is 1.91. The van der Waals surface area contributed by atoms with Gasteiger partial charge in [0.15, 0.2) is 11.5 Å². The van der Waals surface area contributed by atoms with Gasteiger partial charge in [-0.1, -0.05) is 11.3 Å². The van der Waals surface area contributed by atoms with E-state index < -0.39 is 11.9 Å². The quantitative estimate of drug-likeness (QED) is 0.620. The normalized spacial score (nSPS) is 10.3. The van der Waals surface area contributed by atoms with E-state index in [4.69, 9.17) is 18.9 Å². The lowest BCUT2D eigenvalue weighted by molar-refractivity contribution is -0.142. The fourth-order valence-electron chi connectivity index (χ4n) is 2.44. The fourth-order valence-corrected chi connectivity index (χ4v) is 3.20. The van der Waals surface area contributed by atoms with Crippen molar-refractivity contribution in [1.82, 2.24) is 9.88 Å². The lowest BCUT2D eigenvalue weighted by Crippen LogP contribution is -2.31. The summed E-state index contributed by atoms with van der Waals surface area (Å²) in [5.74, 6) is -0.0972. The molecule has 2 rings (SSSR count). The Morgan fingerprint density at radius 3 is 2.25 bits per heavy atom. The topological polar surface area (TPSA) is 105 Å². The first kappa shape index (κ1) is 21.3. The molecule has 0 fully saturated rings. The third kappa shape index (κ3) is 5.03. The average Bonchev–Trinajstić information content (AvgIpc) is 3.02. The van der Waals surface area contributed by atoms with Crippen LogP contribution in [0.2, 0.25) is 0 Å². The summed E-state index contributed by atoms with van der Waals surface area (Å²) in [5, 5.41) is 4.21. The van der Waals surface area contributed by atoms with E-state index in [9.17, 15) is 14.4 Å². The molecule has 0 bridgehead atoms. The highest BCUT2D eigenvalue weighted by atomic mass is 32.1. The number of rotatable bonds is 9. The predicted molar refractivity (Wildman–Crippen MR) is 103 cm³/mol. The van der Waals surface area contributed by atoms with Crippen LogP contribution in [0, 0.1) is 6.92 Å². The zero-order valence-corrected chi connectivity index (χ0v) is 16.9. The number of aryl methyl sites for hydroxylation is 1. The van der Waals surface area contributed by atoms with Crippen LogP contribution >= 0.6 is 11.3 Å². The number of aromatic nitrogens is 1. The average molecular weight is 410 g/mol. The maximum atomic E-state index is 12.3. The molecule has 28 heavy (non-hydrogen) atoms. The van der Waals surface area contributed by atoms with Crippen LogP contribution in [0.1, 0.15) is 16.1 Å². The van der Waals surface area contributed by atoms with Gasteiger partial charge in [0.25, 0.3) is 5.91 Å². The first-order valence-electron chi connectivity index (χ1n) is 8.30. The van der Waals surface area contributed by atoms with E-state index in [1.165, 1.54) is 38.0 Å². The number of carbonyl (C=O) groups excluding carboxylic acids is 2. The summed E-state index contributed by atoms with van der Waals surface area (Å²) in [6.45, 7) is 1.79. The van der Waals surface area contributed by atoms with Gasteiger partial charge in [0.05, 0.1) is 27.9 Å². The van der Waals surface area contributed by atoms with Crippen LogP contribution < -0.4 is 24.4 Å². The highest BCUT2D eigenvalue weighted by Gasteiger charge is 2.17. The molecule has 0 spiro atoms. The van der Waals surface area contributed by atoms with Crippen LogP contribution in [0.15, 0.2) is 22.3 Å². The molecule has 0 radical (unpaired) electrons. The second-order valence-corrected chi connectivity index (χ2v) is 6.43.